The maximum Gasteiger partial charge on any atom is 0.410 e. The topological polar surface area (TPSA) is 72.9 Å². The van der Waals surface area contributed by atoms with Gasteiger partial charge in [-0.3, -0.25) is 9.08 Å². The predicted octanol–water partition coefficient (Wildman–Crippen LogP) is 1.61. The van der Waals surface area contributed by atoms with Crippen molar-refractivity contribution < 1.29 is 30.9 Å². The van der Waals surface area contributed by atoms with Crippen molar-refractivity contribution in [1.29, 1.82) is 0 Å². The van der Waals surface area contributed by atoms with Crippen LogP contribution in [0.2, 0.25) is 0 Å². The average Bonchev–Trinajstić information content (AvgIpc) is 2.47. The molecule has 0 bridgehead atoms. The van der Waals surface area contributed by atoms with Gasteiger partial charge in [0.15, 0.2) is 0 Å². The fraction of sp³-hybridized carbons (Fsp3) is 0.909. The van der Waals surface area contributed by atoms with Crippen LogP contribution in [0.5, 0.6) is 0 Å². The molecular formula is C11H19F2NO5S. The zero-order chi connectivity index (χ0) is 15.8. The van der Waals surface area contributed by atoms with Crippen LogP contribution >= 0.6 is 0 Å². The first-order valence-corrected chi connectivity index (χ1v) is 7.85. The first-order valence-electron chi connectivity index (χ1n) is 6.04. The van der Waals surface area contributed by atoms with Crippen molar-refractivity contribution in [2.75, 3.05) is 19.4 Å². The second-order valence-corrected chi connectivity index (χ2v) is 7.33. The molecule has 118 valence electrons. The lowest BCUT2D eigenvalue weighted by Gasteiger charge is -2.29. The van der Waals surface area contributed by atoms with Crippen molar-refractivity contribution >= 4 is 16.2 Å². The van der Waals surface area contributed by atoms with Gasteiger partial charge in [0.1, 0.15) is 11.6 Å². The normalized spacial score (nSPS) is 22.9. The molecule has 0 spiro atoms. The molecule has 0 aromatic heterocycles. The minimum absolute atomic E-state index is 0.209. The van der Waals surface area contributed by atoms with Crippen LogP contribution in [0, 0.1) is 0 Å². The van der Waals surface area contributed by atoms with Gasteiger partial charge in [-0.25, -0.2) is 13.6 Å². The minimum atomic E-state index is -3.86. The molecule has 0 aliphatic carbocycles. The van der Waals surface area contributed by atoms with Crippen LogP contribution in [0.4, 0.5) is 13.6 Å². The molecule has 1 unspecified atom stereocenters. The zero-order valence-corrected chi connectivity index (χ0v) is 12.7. The maximum atomic E-state index is 13.7. The molecule has 1 aliphatic heterocycles. The average molecular weight is 315 g/mol. The number of carbonyl (C=O) groups excluding carboxylic acids is 1. The third kappa shape index (κ3) is 4.86. The first kappa shape index (κ1) is 17.1. The summed E-state index contributed by atoms with van der Waals surface area (Å²) in [5.74, 6) is -3.21. The van der Waals surface area contributed by atoms with Crippen LogP contribution in [0.15, 0.2) is 0 Å². The highest BCUT2D eigenvalue weighted by atomic mass is 32.2. The summed E-state index contributed by atoms with van der Waals surface area (Å²) in [6.45, 7) is 3.84. The van der Waals surface area contributed by atoms with Gasteiger partial charge in [-0.1, -0.05) is 0 Å². The summed E-state index contributed by atoms with van der Waals surface area (Å²) in [6, 6.07) is -1.65. The van der Waals surface area contributed by atoms with Gasteiger partial charge >= 0.3 is 6.09 Å². The zero-order valence-electron chi connectivity index (χ0n) is 11.9. The molecule has 1 heterocycles. The van der Waals surface area contributed by atoms with Crippen LogP contribution in [-0.2, 0) is 19.0 Å². The molecular weight excluding hydrogens is 296 g/mol. The van der Waals surface area contributed by atoms with E-state index in [1.807, 2.05) is 0 Å². The molecule has 1 aliphatic rings. The third-order valence-corrected chi connectivity index (χ3v) is 3.18. The Balaban J connectivity index is 2.82. The van der Waals surface area contributed by atoms with E-state index in [2.05, 4.69) is 4.18 Å². The van der Waals surface area contributed by atoms with E-state index in [4.69, 9.17) is 4.74 Å². The second-order valence-electron chi connectivity index (χ2n) is 5.69. The van der Waals surface area contributed by atoms with E-state index in [-0.39, 0.29) is 6.54 Å². The summed E-state index contributed by atoms with van der Waals surface area (Å²) in [4.78, 5) is 12.7. The predicted molar refractivity (Wildman–Crippen MR) is 67.1 cm³/mol. The number of amides is 1. The molecule has 9 heteroatoms. The molecule has 0 aromatic rings. The molecule has 0 radical (unpaired) electrons. The molecule has 0 aromatic carbocycles. The number of hydrogen-bond donors (Lipinski definition) is 0. The quantitative estimate of drug-likeness (QED) is 0.740. The number of hydrogen-bond acceptors (Lipinski definition) is 5. The Labute approximate surface area is 117 Å². The van der Waals surface area contributed by atoms with Crippen molar-refractivity contribution in [2.24, 2.45) is 0 Å². The van der Waals surface area contributed by atoms with Crippen molar-refractivity contribution in [1.82, 2.24) is 4.90 Å². The van der Waals surface area contributed by atoms with E-state index in [9.17, 15) is 22.0 Å². The number of likely N-dealkylation sites (tertiary alicyclic amines) is 1. The van der Waals surface area contributed by atoms with Crippen LogP contribution in [0.3, 0.4) is 0 Å². The number of nitrogens with zero attached hydrogens (tertiary/aromatic N) is 1. The van der Waals surface area contributed by atoms with E-state index >= 15 is 0 Å². The largest absolute Gasteiger partial charge is 0.444 e. The van der Waals surface area contributed by atoms with Gasteiger partial charge in [0.25, 0.3) is 16.0 Å². The van der Waals surface area contributed by atoms with Crippen LogP contribution < -0.4 is 0 Å². The van der Waals surface area contributed by atoms with Gasteiger partial charge in [-0.2, -0.15) is 8.42 Å². The Hall–Kier alpha value is -0.960. The van der Waals surface area contributed by atoms with Gasteiger partial charge in [-0.15, -0.1) is 0 Å². The van der Waals surface area contributed by atoms with Gasteiger partial charge in [-0.05, 0) is 20.8 Å². The molecule has 1 rings (SSSR count). The fourth-order valence-corrected chi connectivity index (χ4v) is 2.14. The van der Waals surface area contributed by atoms with Crippen molar-refractivity contribution in [3.8, 4) is 0 Å². The lowest BCUT2D eigenvalue weighted by molar-refractivity contribution is -0.0524. The van der Waals surface area contributed by atoms with E-state index in [0.29, 0.717) is 0 Å². The standard InChI is InChI=1S/C11H19F2NO5S/c1-10(2,3)19-9(15)14-6-5-11(12,13)8(14)7-18-20(4,16)17/h8H,5-7H2,1-4H3. The summed E-state index contributed by atoms with van der Waals surface area (Å²) >= 11 is 0. The third-order valence-electron chi connectivity index (χ3n) is 2.62. The highest BCUT2D eigenvalue weighted by Crippen LogP contribution is 2.35. The smallest absolute Gasteiger partial charge is 0.410 e. The van der Waals surface area contributed by atoms with Gasteiger partial charge in [0.2, 0.25) is 0 Å². The molecule has 0 N–H and O–H groups in total. The molecule has 0 saturated carbocycles. The number of rotatable bonds is 3. The van der Waals surface area contributed by atoms with Crippen LogP contribution in [0.25, 0.3) is 0 Å². The fourth-order valence-electron chi connectivity index (χ4n) is 1.76. The van der Waals surface area contributed by atoms with Gasteiger partial charge in [0.05, 0.1) is 12.9 Å². The molecule has 1 atom stereocenters. The molecule has 20 heavy (non-hydrogen) atoms. The molecule has 1 fully saturated rings. The Morgan fingerprint density at radius 2 is 1.95 bits per heavy atom. The highest BCUT2D eigenvalue weighted by molar-refractivity contribution is 7.85. The summed E-state index contributed by atoms with van der Waals surface area (Å²) in [5.41, 5.74) is -0.822. The Kier molecular flexibility index (Phi) is 4.65. The summed E-state index contributed by atoms with van der Waals surface area (Å²) in [6.07, 6.45) is -0.696. The van der Waals surface area contributed by atoms with Crippen LogP contribution in [0.1, 0.15) is 27.2 Å². The summed E-state index contributed by atoms with van der Waals surface area (Å²) in [5, 5.41) is 0. The molecule has 1 amide bonds. The second kappa shape index (κ2) is 5.44. The van der Waals surface area contributed by atoms with Crippen molar-refractivity contribution in [2.45, 2.75) is 44.8 Å². The van der Waals surface area contributed by atoms with Crippen LogP contribution in [-0.4, -0.2) is 56.4 Å². The van der Waals surface area contributed by atoms with E-state index in [1.54, 1.807) is 20.8 Å². The number of alkyl halides is 2. The molecule has 6 nitrogen and oxygen atoms in total. The molecule has 1 saturated heterocycles. The number of ether oxygens (including phenoxy) is 1. The van der Waals surface area contributed by atoms with Crippen molar-refractivity contribution in [3.05, 3.63) is 0 Å². The van der Waals surface area contributed by atoms with Gasteiger partial charge < -0.3 is 4.74 Å². The van der Waals surface area contributed by atoms with Crippen molar-refractivity contribution in [3.63, 3.8) is 0 Å². The van der Waals surface area contributed by atoms with E-state index in [0.717, 1.165) is 11.2 Å². The highest BCUT2D eigenvalue weighted by Gasteiger charge is 2.52. The Morgan fingerprint density at radius 1 is 1.40 bits per heavy atom. The monoisotopic (exact) mass is 315 g/mol. The summed E-state index contributed by atoms with van der Waals surface area (Å²) in [7, 11) is -3.86. The first-order chi connectivity index (χ1) is 8.82. The SMILES string of the molecule is CC(C)(C)OC(=O)N1CCC(F)(F)C1COS(C)(=O)=O. The lowest BCUT2D eigenvalue weighted by atomic mass is 10.1. The van der Waals surface area contributed by atoms with Gasteiger partial charge in [0, 0.05) is 13.0 Å². The van der Waals surface area contributed by atoms with E-state index < -0.39 is 46.8 Å². The Bertz CT molecular complexity index is 472. The van der Waals surface area contributed by atoms with E-state index in [1.165, 1.54) is 0 Å². The Morgan fingerprint density at radius 3 is 2.40 bits per heavy atom. The lowest BCUT2D eigenvalue weighted by Crippen LogP contribution is -2.47. The summed E-state index contributed by atoms with van der Waals surface area (Å²) < 4.78 is 58.6. The number of halogens is 2. The maximum absolute atomic E-state index is 13.7. The number of carbonyl (C=O) groups is 1. The minimum Gasteiger partial charge on any atom is -0.444 e.